The van der Waals surface area contributed by atoms with Gasteiger partial charge < -0.3 is 5.11 Å². The van der Waals surface area contributed by atoms with Gasteiger partial charge in [0.15, 0.2) is 0 Å². The highest BCUT2D eigenvalue weighted by molar-refractivity contribution is 5.91. The second-order valence-corrected chi connectivity index (χ2v) is 3.85. The first-order valence-electron chi connectivity index (χ1n) is 5.90. The van der Waals surface area contributed by atoms with Gasteiger partial charge in [-0.2, -0.15) is 0 Å². The molecule has 0 atom stereocenters. The molecule has 2 nitrogen and oxygen atoms in total. The third-order valence-corrected chi connectivity index (χ3v) is 2.42. The quantitative estimate of drug-likeness (QED) is 0.457. The van der Waals surface area contributed by atoms with Crippen molar-refractivity contribution in [3.63, 3.8) is 0 Å². The van der Waals surface area contributed by atoms with E-state index < -0.39 is 5.97 Å². The standard InChI is InChI=1S/C15H18O2/c1-2-3-5-10-14(15(16)17)12-11-13-8-6-4-7-9-13/h4,6-12H,2-3,5H2,1H3,(H,16,17). The van der Waals surface area contributed by atoms with Crippen LogP contribution in [0.3, 0.4) is 0 Å². The second-order valence-electron chi connectivity index (χ2n) is 3.85. The summed E-state index contributed by atoms with van der Waals surface area (Å²) in [5.74, 6) is -0.867. The van der Waals surface area contributed by atoms with Crippen molar-refractivity contribution in [2.24, 2.45) is 0 Å². The third kappa shape index (κ3) is 5.16. The van der Waals surface area contributed by atoms with E-state index in [-0.39, 0.29) is 0 Å². The van der Waals surface area contributed by atoms with Crippen molar-refractivity contribution < 1.29 is 9.90 Å². The van der Waals surface area contributed by atoms with Crippen molar-refractivity contribution in [1.82, 2.24) is 0 Å². The number of carboxylic acid groups (broad SMARTS) is 1. The van der Waals surface area contributed by atoms with E-state index in [0.717, 1.165) is 24.8 Å². The van der Waals surface area contributed by atoms with E-state index >= 15 is 0 Å². The summed E-state index contributed by atoms with van der Waals surface area (Å²) in [6, 6.07) is 9.69. The molecule has 0 spiro atoms. The average molecular weight is 230 g/mol. The summed E-state index contributed by atoms with van der Waals surface area (Å²) in [5, 5.41) is 9.03. The van der Waals surface area contributed by atoms with Gasteiger partial charge in [-0.05, 0) is 18.1 Å². The smallest absolute Gasteiger partial charge is 0.335 e. The Labute approximate surface area is 102 Å². The van der Waals surface area contributed by atoms with Crippen molar-refractivity contribution in [3.8, 4) is 0 Å². The van der Waals surface area contributed by atoms with Crippen LogP contribution < -0.4 is 0 Å². The highest BCUT2D eigenvalue weighted by atomic mass is 16.4. The fourth-order valence-electron chi connectivity index (χ4n) is 1.44. The summed E-state index contributed by atoms with van der Waals surface area (Å²) in [4.78, 5) is 11.0. The van der Waals surface area contributed by atoms with E-state index in [4.69, 9.17) is 5.11 Å². The van der Waals surface area contributed by atoms with E-state index in [1.165, 1.54) is 0 Å². The van der Waals surface area contributed by atoms with Gasteiger partial charge in [0.1, 0.15) is 0 Å². The lowest BCUT2D eigenvalue weighted by Crippen LogP contribution is -1.97. The molecule has 0 aliphatic heterocycles. The zero-order valence-corrected chi connectivity index (χ0v) is 10.1. The minimum atomic E-state index is -0.867. The largest absolute Gasteiger partial charge is 0.478 e. The topological polar surface area (TPSA) is 37.3 Å². The van der Waals surface area contributed by atoms with Crippen LogP contribution >= 0.6 is 0 Å². The Morgan fingerprint density at radius 3 is 2.59 bits per heavy atom. The number of hydrogen-bond acceptors (Lipinski definition) is 1. The number of unbranched alkanes of at least 4 members (excludes halogenated alkanes) is 2. The maximum absolute atomic E-state index is 11.0. The number of benzene rings is 1. The molecule has 2 heteroatoms. The Kier molecular flexibility index (Phi) is 5.80. The van der Waals surface area contributed by atoms with Gasteiger partial charge >= 0.3 is 5.97 Å². The van der Waals surface area contributed by atoms with Crippen LogP contribution in [0.15, 0.2) is 48.1 Å². The van der Waals surface area contributed by atoms with Crippen molar-refractivity contribution in [2.75, 3.05) is 0 Å². The van der Waals surface area contributed by atoms with Crippen molar-refractivity contribution in [1.29, 1.82) is 0 Å². The molecule has 0 bridgehead atoms. The number of allylic oxidation sites excluding steroid dienone is 1. The van der Waals surface area contributed by atoms with Crippen molar-refractivity contribution in [2.45, 2.75) is 26.2 Å². The van der Waals surface area contributed by atoms with E-state index in [2.05, 4.69) is 6.92 Å². The van der Waals surface area contributed by atoms with Gasteiger partial charge in [0.25, 0.3) is 0 Å². The first kappa shape index (κ1) is 13.2. The molecule has 0 aromatic heterocycles. The Morgan fingerprint density at radius 2 is 2.00 bits per heavy atom. The molecule has 0 heterocycles. The maximum atomic E-state index is 11.0. The molecule has 0 saturated heterocycles. The number of rotatable bonds is 6. The number of carboxylic acids is 1. The molecule has 0 unspecified atom stereocenters. The molecule has 0 radical (unpaired) electrons. The number of hydrogen-bond donors (Lipinski definition) is 1. The molecule has 1 aromatic rings. The fourth-order valence-corrected chi connectivity index (χ4v) is 1.44. The molecule has 17 heavy (non-hydrogen) atoms. The van der Waals surface area contributed by atoms with Crippen LogP contribution in [0.2, 0.25) is 0 Å². The Balaban J connectivity index is 2.70. The van der Waals surface area contributed by atoms with E-state index in [1.807, 2.05) is 36.4 Å². The van der Waals surface area contributed by atoms with Crippen LogP contribution in [0.25, 0.3) is 6.08 Å². The molecule has 1 rings (SSSR count). The molecule has 90 valence electrons. The predicted octanol–water partition coefficient (Wildman–Crippen LogP) is 3.90. The Bertz CT molecular complexity index is 402. The lowest BCUT2D eigenvalue weighted by Gasteiger charge is -1.96. The molecule has 0 aliphatic rings. The normalized spacial score (nSPS) is 11.9. The monoisotopic (exact) mass is 230 g/mol. The minimum absolute atomic E-state index is 0.363. The Hall–Kier alpha value is -1.83. The van der Waals surface area contributed by atoms with E-state index in [1.54, 1.807) is 12.2 Å². The van der Waals surface area contributed by atoms with Gasteiger partial charge in [-0.25, -0.2) is 4.79 Å². The van der Waals surface area contributed by atoms with Crippen LogP contribution in [0.5, 0.6) is 0 Å². The molecule has 0 amide bonds. The minimum Gasteiger partial charge on any atom is -0.478 e. The summed E-state index contributed by atoms with van der Waals surface area (Å²) in [7, 11) is 0. The SMILES string of the molecule is CCCCC=C(C=Cc1ccccc1)C(=O)O. The third-order valence-electron chi connectivity index (χ3n) is 2.42. The van der Waals surface area contributed by atoms with Crippen LogP contribution in [0, 0.1) is 0 Å². The van der Waals surface area contributed by atoms with Crippen molar-refractivity contribution >= 4 is 12.0 Å². The van der Waals surface area contributed by atoms with Crippen LogP contribution in [-0.2, 0) is 4.79 Å². The lowest BCUT2D eigenvalue weighted by atomic mass is 10.1. The first-order chi connectivity index (χ1) is 8.24. The van der Waals surface area contributed by atoms with Gasteiger partial charge in [-0.15, -0.1) is 0 Å². The maximum Gasteiger partial charge on any atom is 0.335 e. The van der Waals surface area contributed by atoms with Gasteiger partial charge in [0.2, 0.25) is 0 Å². The zero-order valence-electron chi connectivity index (χ0n) is 10.1. The number of carbonyl (C=O) groups is 1. The van der Waals surface area contributed by atoms with E-state index in [0.29, 0.717) is 5.57 Å². The average Bonchev–Trinajstić information content (AvgIpc) is 2.34. The highest BCUT2D eigenvalue weighted by Crippen LogP contribution is 2.07. The molecule has 1 aromatic carbocycles. The number of aliphatic carboxylic acids is 1. The molecule has 0 aliphatic carbocycles. The van der Waals surface area contributed by atoms with Gasteiger partial charge in [-0.1, -0.05) is 62.2 Å². The van der Waals surface area contributed by atoms with Gasteiger partial charge in [0.05, 0.1) is 5.57 Å². The van der Waals surface area contributed by atoms with Crippen LogP contribution in [0.4, 0.5) is 0 Å². The summed E-state index contributed by atoms with van der Waals surface area (Å²) in [6.45, 7) is 2.09. The van der Waals surface area contributed by atoms with Gasteiger partial charge in [0, 0.05) is 0 Å². The summed E-state index contributed by atoms with van der Waals surface area (Å²) in [5.41, 5.74) is 1.37. The van der Waals surface area contributed by atoms with Crippen molar-refractivity contribution in [3.05, 3.63) is 53.6 Å². The molecule has 1 N–H and O–H groups in total. The fraction of sp³-hybridized carbons (Fsp3) is 0.267. The summed E-state index contributed by atoms with van der Waals surface area (Å²) >= 11 is 0. The Morgan fingerprint density at radius 1 is 1.29 bits per heavy atom. The van der Waals surface area contributed by atoms with Gasteiger partial charge in [-0.3, -0.25) is 0 Å². The molecule has 0 saturated carbocycles. The zero-order chi connectivity index (χ0) is 12.5. The lowest BCUT2D eigenvalue weighted by molar-refractivity contribution is -0.132. The summed E-state index contributed by atoms with van der Waals surface area (Å²) in [6.07, 6.45) is 8.18. The van der Waals surface area contributed by atoms with Crippen LogP contribution in [-0.4, -0.2) is 11.1 Å². The van der Waals surface area contributed by atoms with Crippen LogP contribution in [0.1, 0.15) is 31.7 Å². The molecular weight excluding hydrogens is 212 g/mol. The highest BCUT2D eigenvalue weighted by Gasteiger charge is 2.01. The predicted molar refractivity (Wildman–Crippen MR) is 70.7 cm³/mol. The van der Waals surface area contributed by atoms with E-state index in [9.17, 15) is 4.79 Å². The molecule has 0 fully saturated rings. The second kappa shape index (κ2) is 7.44. The molecular formula is C15H18O2. The summed E-state index contributed by atoms with van der Waals surface area (Å²) < 4.78 is 0. The first-order valence-corrected chi connectivity index (χ1v) is 5.90.